The van der Waals surface area contributed by atoms with Crippen molar-refractivity contribution in [3.05, 3.63) is 59.9 Å². The van der Waals surface area contributed by atoms with Crippen LogP contribution in [0.3, 0.4) is 0 Å². The normalized spacial score (nSPS) is 11.4. The summed E-state index contributed by atoms with van der Waals surface area (Å²) in [6.07, 6.45) is 1.06. The van der Waals surface area contributed by atoms with E-state index in [1.807, 2.05) is 13.8 Å². The maximum atomic E-state index is 13.6. The van der Waals surface area contributed by atoms with E-state index < -0.39 is 15.9 Å². The van der Waals surface area contributed by atoms with Gasteiger partial charge in [0.05, 0.1) is 18.0 Å². The number of carbonyl (C=O) groups excluding carboxylic acids is 1. The predicted octanol–water partition coefficient (Wildman–Crippen LogP) is 3.43. The quantitative estimate of drug-likeness (QED) is 0.527. The Morgan fingerprint density at radius 3 is 2.43 bits per heavy atom. The van der Waals surface area contributed by atoms with Crippen molar-refractivity contribution in [3.8, 4) is 5.75 Å². The van der Waals surface area contributed by atoms with Gasteiger partial charge in [0.15, 0.2) is 0 Å². The van der Waals surface area contributed by atoms with E-state index in [9.17, 15) is 17.6 Å². The first-order valence-corrected chi connectivity index (χ1v) is 12.5. The Kier molecular flexibility index (Phi) is 8.98. The van der Waals surface area contributed by atoms with E-state index in [-0.39, 0.29) is 18.5 Å². The lowest BCUT2D eigenvalue weighted by Gasteiger charge is -2.22. The summed E-state index contributed by atoms with van der Waals surface area (Å²) in [7, 11) is -3.64. The van der Waals surface area contributed by atoms with E-state index >= 15 is 0 Å². The van der Waals surface area contributed by atoms with Crippen LogP contribution in [0.25, 0.3) is 0 Å². The Morgan fingerprint density at radius 2 is 1.83 bits per heavy atom. The molecule has 2 aromatic rings. The van der Waals surface area contributed by atoms with E-state index in [1.54, 1.807) is 42.5 Å². The first-order chi connectivity index (χ1) is 14.2. The van der Waals surface area contributed by atoms with E-state index in [0.29, 0.717) is 35.1 Å². The van der Waals surface area contributed by atoms with Crippen molar-refractivity contribution in [2.45, 2.75) is 25.7 Å². The van der Waals surface area contributed by atoms with Crippen molar-refractivity contribution in [1.82, 2.24) is 5.32 Å². The van der Waals surface area contributed by atoms with Gasteiger partial charge in [0.2, 0.25) is 15.9 Å². The molecule has 0 spiro atoms. The lowest BCUT2D eigenvalue weighted by atomic mass is 10.2. The zero-order valence-electron chi connectivity index (χ0n) is 17.3. The fourth-order valence-corrected chi connectivity index (χ4v) is 4.31. The maximum Gasteiger partial charge on any atom is 0.240 e. The Hall–Kier alpha value is -2.26. The predicted molar refractivity (Wildman–Crippen MR) is 120 cm³/mol. The van der Waals surface area contributed by atoms with Gasteiger partial charge in [-0.2, -0.15) is 11.8 Å². The number of thioether (sulfide) groups is 1. The van der Waals surface area contributed by atoms with Crippen LogP contribution in [0.5, 0.6) is 5.75 Å². The number of hydrogen-bond donors (Lipinski definition) is 1. The summed E-state index contributed by atoms with van der Waals surface area (Å²) in [5, 5.41) is 2.71. The van der Waals surface area contributed by atoms with Crippen molar-refractivity contribution in [2.75, 3.05) is 29.4 Å². The Bertz CT molecular complexity index is 934. The minimum atomic E-state index is -3.64. The monoisotopic (exact) mass is 454 g/mol. The number of nitrogens with zero attached hydrogens (tertiary/aromatic N) is 1. The number of sulfonamides is 1. The third-order valence-corrected chi connectivity index (χ3v) is 6.12. The average molecular weight is 455 g/mol. The zero-order valence-corrected chi connectivity index (χ0v) is 18.9. The molecule has 9 heteroatoms. The number of ether oxygens (including phenoxy) is 1. The first-order valence-electron chi connectivity index (χ1n) is 9.49. The van der Waals surface area contributed by atoms with E-state index in [0.717, 1.165) is 10.6 Å². The van der Waals surface area contributed by atoms with Crippen molar-refractivity contribution in [3.63, 3.8) is 0 Å². The van der Waals surface area contributed by atoms with Gasteiger partial charge in [-0.05, 0) is 49.7 Å². The highest BCUT2D eigenvalue weighted by molar-refractivity contribution is 7.98. The molecule has 0 radical (unpaired) electrons. The van der Waals surface area contributed by atoms with Crippen molar-refractivity contribution >= 4 is 33.4 Å². The van der Waals surface area contributed by atoms with Gasteiger partial charge >= 0.3 is 0 Å². The molecular weight excluding hydrogens is 427 g/mol. The van der Waals surface area contributed by atoms with E-state index in [1.165, 1.54) is 17.8 Å². The van der Waals surface area contributed by atoms with E-state index in [2.05, 4.69) is 5.32 Å². The van der Waals surface area contributed by atoms with Gasteiger partial charge in [-0.1, -0.05) is 18.2 Å². The number of nitrogens with one attached hydrogen (secondary N) is 1. The first kappa shape index (κ1) is 24.0. The molecule has 2 aromatic carbocycles. The van der Waals surface area contributed by atoms with Crippen LogP contribution in [-0.4, -0.2) is 45.5 Å². The van der Waals surface area contributed by atoms with Crippen LogP contribution >= 0.6 is 11.8 Å². The molecule has 1 N–H and O–H groups in total. The van der Waals surface area contributed by atoms with E-state index in [4.69, 9.17) is 4.74 Å². The molecule has 0 aromatic heterocycles. The summed E-state index contributed by atoms with van der Waals surface area (Å²) in [5.41, 5.74) is 1.000. The molecule has 0 saturated heterocycles. The summed E-state index contributed by atoms with van der Waals surface area (Å²) < 4.78 is 44.5. The summed E-state index contributed by atoms with van der Waals surface area (Å²) >= 11 is 1.49. The van der Waals surface area contributed by atoms with Gasteiger partial charge in [-0.15, -0.1) is 0 Å². The second-order valence-electron chi connectivity index (χ2n) is 6.92. The van der Waals surface area contributed by atoms with Crippen LogP contribution in [0.15, 0.2) is 48.5 Å². The number of anilines is 1. The number of benzene rings is 2. The lowest BCUT2D eigenvalue weighted by Crippen LogP contribution is -2.41. The third kappa shape index (κ3) is 7.87. The molecule has 0 unspecified atom stereocenters. The van der Waals surface area contributed by atoms with Crippen LogP contribution in [0.2, 0.25) is 0 Å². The number of rotatable bonds is 11. The van der Waals surface area contributed by atoms with Gasteiger partial charge < -0.3 is 10.1 Å². The van der Waals surface area contributed by atoms with Gasteiger partial charge in [0.1, 0.15) is 18.1 Å². The Labute approximate surface area is 181 Å². The molecule has 0 aliphatic rings. The highest BCUT2D eigenvalue weighted by atomic mass is 32.2. The molecule has 0 saturated carbocycles. The number of halogens is 1. The van der Waals surface area contributed by atoms with Crippen LogP contribution in [0.1, 0.15) is 19.4 Å². The summed E-state index contributed by atoms with van der Waals surface area (Å²) in [4.78, 5) is 12.3. The Balaban J connectivity index is 1.86. The average Bonchev–Trinajstić information content (AvgIpc) is 2.67. The second-order valence-corrected chi connectivity index (χ2v) is 9.94. The summed E-state index contributed by atoms with van der Waals surface area (Å²) in [6, 6.07) is 13.1. The van der Waals surface area contributed by atoms with Crippen LogP contribution in [0, 0.1) is 5.82 Å². The molecule has 6 nitrogen and oxygen atoms in total. The molecule has 2 rings (SSSR count). The molecule has 164 valence electrons. The standard InChI is InChI=1S/C21H27FN2O4S2/c1-16(2)28-19-10-8-18(9-11-19)24(30(3,26)27)14-21(25)23-12-13-29-15-17-6-4-5-7-20(17)22/h4-11,16H,12-15H2,1-3H3,(H,23,25). The number of hydrogen-bond acceptors (Lipinski definition) is 5. The molecule has 0 bridgehead atoms. The van der Waals surface area contributed by atoms with Crippen molar-refractivity contribution in [2.24, 2.45) is 0 Å². The van der Waals surface area contributed by atoms with Gasteiger partial charge in [0, 0.05) is 18.1 Å². The third-order valence-electron chi connectivity index (χ3n) is 3.97. The molecular formula is C21H27FN2O4S2. The minimum absolute atomic E-state index is 0.00360. The second kappa shape index (κ2) is 11.2. The number of amides is 1. The zero-order chi connectivity index (χ0) is 22.1. The largest absolute Gasteiger partial charge is 0.491 e. The van der Waals surface area contributed by atoms with Crippen molar-refractivity contribution < 1.29 is 22.3 Å². The highest BCUT2D eigenvalue weighted by Gasteiger charge is 2.20. The number of carbonyl (C=O) groups is 1. The maximum absolute atomic E-state index is 13.6. The molecule has 1 amide bonds. The molecule has 30 heavy (non-hydrogen) atoms. The van der Waals surface area contributed by atoms with Crippen LogP contribution < -0.4 is 14.4 Å². The molecule has 0 aliphatic carbocycles. The summed E-state index contributed by atoms with van der Waals surface area (Å²) in [5.74, 6) is 1.05. The van der Waals surface area contributed by atoms with Gasteiger partial charge in [-0.25, -0.2) is 12.8 Å². The molecule has 0 atom stereocenters. The fraction of sp³-hybridized carbons (Fsp3) is 0.381. The van der Waals surface area contributed by atoms with Gasteiger partial charge in [0.25, 0.3) is 0 Å². The SMILES string of the molecule is CC(C)Oc1ccc(N(CC(=O)NCCSCc2ccccc2F)S(C)(=O)=O)cc1. The summed E-state index contributed by atoms with van der Waals surface area (Å²) in [6.45, 7) is 3.84. The van der Waals surface area contributed by atoms with Crippen molar-refractivity contribution in [1.29, 1.82) is 0 Å². The Morgan fingerprint density at radius 1 is 1.17 bits per heavy atom. The fourth-order valence-electron chi connectivity index (χ4n) is 2.61. The smallest absolute Gasteiger partial charge is 0.240 e. The van der Waals surface area contributed by atoms with Gasteiger partial charge in [-0.3, -0.25) is 9.10 Å². The van der Waals surface area contributed by atoms with Crippen LogP contribution in [-0.2, 0) is 20.6 Å². The topological polar surface area (TPSA) is 75.7 Å². The molecule has 0 heterocycles. The molecule has 0 fully saturated rings. The highest BCUT2D eigenvalue weighted by Crippen LogP contribution is 2.22. The minimum Gasteiger partial charge on any atom is -0.491 e. The molecule has 0 aliphatic heterocycles. The van der Waals surface area contributed by atoms with Crippen LogP contribution in [0.4, 0.5) is 10.1 Å². The lowest BCUT2D eigenvalue weighted by molar-refractivity contribution is -0.119.